The third-order valence-corrected chi connectivity index (χ3v) is 11.1. The Morgan fingerprint density at radius 3 is 2.37 bits per heavy atom. The van der Waals surface area contributed by atoms with Gasteiger partial charge in [0.05, 0.1) is 30.4 Å². The number of alkyl halides is 6. The number of thiophene rings is 1. The number of pyridine rings is 1. The van der Waals surface area contributed by atoms with Crippen LogP contribution in [0.15, 0.2) is 54.2 Å². The van der Waals surface area contributed by atoms with Crippen molar-refractivity contribution in [2.75, 3.05) is 32.8 Å². The van der Waals surface area contributed by atoms with Crippen molar-refractivity contribution in [3.8, 4) is 11.5 Å². The molecule has 0 radical (unpaired) electrons. The molecule has 2 aliphatic rings. The first kappa shape index (κ1) is 40.8. The number of ether oxygens (including phenoxy) is 2. The van der Waals surface area contributed by atoms with Gasteiger partial charge in [-0.25, -0.2) is 0 Å². The fraction of sp³-hybridized carbons (Fsp3) is 0.514. The van der Waals surface area contributed by atoms with E-state index in [1.54, 1.807) is 31.2 Å². The third kappa shape index (κ3) is 8.61. The number of amides is 2. The number of halogens is 6. The quantitative estimate of drug-likeness (QED) is 0.138. The molecule has 2 fully saturated rings. The summed E-state index contributed by atoms with van der Waals surface area (Å²) < 4.78 is 95.5. The van der Waals surface area contributed by atoms with Gasteiger partial charge in [0.15, 0.2) is 0 Å². The summed E-state index contributed by atoms with van der Waals surface area (Å²) >= 11 is 0.367. The Morgan fingerprint density at radius 2 is 1.74 bits per heavy atom. The molecule has 0 spiro atoms. The molecule has 2 atom stereocenters. The summed E-state index contributed by atoms with van der Waals surface area (Å²) in [4.78, 5) is 45.4. The van der Waals surface area contributed by atoms with Gasteiger partial charge in [0.1, 0.15) is 16.4 Å². The van der Waals surface area contributed by atoms with E-state index in [0.29, 0.717) is 35.1 Å². The summed E-state index contributed by atoms with van der Waals surface area (Å²) in [5, 5.41) is 20.9. The maximum atomic E-state index is 14.9. The van der Waals surface area contributed by atoms with Crippen LogP contribution >= 0.6 is 11.3 Å². The molecule has 0 saturated carbocycles. The van der Waals surface area contributed by atoms with Crippen LogP contribution < -0.4 is 9.47 Å². The predicted octanol–water partition coefficient (Wildman–Crippen LogP) is 7.20. The van der Waals surface area contributed by atoms with Gasteiger partial charge >= 0.3 is 18.3 Å². The van der Waals surface area contributed by atoms with Gasteiger partial charge in [-0.2, -0.15) is 26.3 Å². The molecular weight excluding hydrogens is 744 g/mol. The average molecular weight is 786 g/mol. The molecule has 10 nitrogen and oxygen atoms in total. The number of carboxylic acid groups (broad SMARTS) is 1. The summed E-state index contributed by atoms with van der Waals surface area (Å²) in [6.07, 6.45) is -6.77. The molecule has 0 bridgehead atoms. The van der Waals surface area contributed by atoms with E-state index in [0.717, 1.165) is 28.7 Å². The predicted molar refractivity (Wildman–Crippen MR) is 184 cm³/mol. The minimum atomic E-state index is -4.90. The number of aromatic nitrogens is 1. The minimum Gasteiger partial charge on any atom is -0.493 e. The van der Waals surface area contributed by atoms with E-state index in [4.69, 9.17) is 14.6 Å². The lowest BCUT2D eigenvalue weighted by molar-refractivity contribution is -0.161. The number of carbonyl (C=O) groups is 3. The van der Waals surface area contributed by atoms with E-state index in [1.165, 1.54) is 4.90 Å². The van der Waals surface area contributed by atoms with Crippen LogP contribution in [-0.2, 0) is 27.4 Å². The third-order valence-electron chi connectivity index (χ3n) is 10.1. The van der Waals surface area contributed by atoms with Crippen LogP contribution in [0.3, 0.4) is 0 Å². The Labute approximate surface area is 311 Å². The van der Waals surface area contributed by atoms with Crippen LogP contribution in [0.4, 0.5) is 26.3 Å². The van der Waals surface area contributed by atoms with E-state index in [2.05, 4.69) is 4.98 Å². The van der Waals surface area contributed by atoms with E-state index in [9.17, 15) is 45.8 Å². The number of likely N-dealkylation sites (tertiary alicyclic amines) is 2. The topological polar surface area (TPSA) is 130 Å². The normalized spacial score (nSPS) is 20.4. The van der Waals surface area contributed by atoms with Gasteiger partial charge in [-0.05, 0) is 44.2 Å². The van der Waals surface area contributed by atoms with Crippen molar-refractivity contribution in [1.82, 2.24) is 14.8 Å². The first-order valence-corrected chi connectivity index (χ1v) is 18.5. The minimum absolute atomic E-state index is 0.0364. The highest BCUT2D eigenvalue weighted by molar-refractivity contribution is 7.10. The van der Waals surface area contributed by atoms with Gasteiger partial charge in [0.25, 0.3) is 11.8 Å². The van der Waals surface area contributed by atoms with Crippen molar-refractivity contribution in [3.05, 3.63) is 75.7 Å². The molecule has 3 aromatic rings. The Balaban J connectivity index is 1.49. The molecule has 2 aromatic heterocycles. The number of carbonyl (C=O) groups excluding carboxylic acids is 2. The Kier molecular flexibility index (Phi) is 12.5. The van der Waals surface area contributed by atoms with Crippen LogP contribution in [-0.4, -0.2) is 87.3 Å². The maximum Gasteiger partial charge on any atom is 0.425 e. The molecule has 2 amide bonds. The molecule has 1 aromatic carbocycles. The number of aliphatic hydroxyl groups is 1. The number of nitrogens with zero attached hydrogens (tertiary/aromatic N) is 3. The average Bonchev–Trinajstić information content (AvgIpc) is 3.63. The second-order valence-corrected chi connectivity index (χ2v) is 14.4. The lowest BCUT2D eigenvalue weighted by Crippen LogP contribution is -2.68. The van der Waals surface area contributed by atoms with Crippen molar-refractivity contribution >= 4 is 29.1 Å². The number of piperidine rings is 2. The van der Waals surface area contributed by atoms with Crippen molar-refractivity contribution in [2.45, 2.75) is 87.7 Å². The van der Waals surface area contributed by atoms with E-state index in [1.807, 2.05) is 0 Å². The van der Waals surface area contributed by atoms with E-state index in [-0.39, 0.29) is 83.5 Å². The van der Waals surface area contributed by atoms with Crippen LogP contribution in [0.25, 0.3) is 0 Å². The molecule has 0 unspecified atom stereocenters. The molecule has 2 saturated heterocycles. The maximum absolute atomic E-state index is 14.9. The zero-order valence-electron chi connectivity index (χ0n) is 29.4. The Bertz CT molecular complexity index is 1790. The summed E-state index contributed by atoms with van der Waals surface area (Å²) in [5.41, 5.74) is -4.13. The summed E-state index contributed by atoms with van der Waals surface area (Å²) in [6, 6.07) is 7.29. The van der Waals surface area contributed by atoms with Crippen molar-refractivity contribution < 1.29 is 60.4 Å². The highest BCUT2D eigenvalue weighted by Gasteiger charge is 2.56. The first-order chi connectivity index (χ1) is 25.6. The smallest absolute Gasteiger partial charge is 0.425 e. The number of hydrogen-bond donors (Lipinski definition) is 2. The molecule has 54 heavy (non-hydrogen) atoms. The SMILES string of the molecule is CCC[C@H]1N(C(=O)c2cnccc2C(F)(F)F)CCC[C@@]1(Oc1csc(C(F)(F)F)c1)C(=O)N1CCC(CO)(c2ccccc2OCCCC(=O)O)CC1. The van der Waals surface area contributed by atoms with Crippen LogP contribution in [0.2, 0.25) is 0 Å². The second-order valence-electron chi connectivity index (χ2n) is 13.5. The number of para-hydroxylation sites is 1. The first-order valence-electron chi connectivity index (χ1n) is 17.6. The number of rotatable bonds is 13. The van der Waals surface area contributed by atoms with Gasteiger partial charge in [-0.1, -0.05) is 31.5 Å². The summed E-state index contributed by atoms with van der Waals surface area (Å²) in [5.74, 6) is -2.44. The number of hydrogen-bond acceptors (Lipinski definition) is 8. The number of carboxylic acids is 1. The van der Waals surface area contributed by atoms with Crippen LogP contribution in [0.5, 0.6) is 11.5 Å². The molecule has 294 valence electrons. The fourth-order valence-electron chi connectivity index (χ4n) is 7.46. The zero-order valence-corrected chi connectivity index (χ0v) is 30.2. The lowest BCUT2D eigenvalue weighted by Gasteiger charge is -2.51. The van der Waals surface area contributed by atoms with Gasteiger partial charge < -0.3 is 29.5 Å². The number of benzene rings is 1. The van der Waals surface area contributed by atoms with Crippen molar-refractivity contribution in [1.29, 1.82) is 0 Å². The number of aliphatic carboxylic acids is 1. The molecule has 17 heteroatoms. The molecule has 2 aliphatic heterocycles. The zero-order chi connectivity index (χ0) is 39.3. The van der Waals surface area contributed by atoms with E-state index < -0.39 is 63.2 Å². The standard InChI is InChI=1S/C37H41F6N3O7S/c1-2-7-29-35(53-24-20-30(54-22-24)37(41,42)43,12-6-16-46(29)32(50)25-21-44-15-11-26(25)36(38,39)40)33(51)45-17-13-34(23-47,14-18-45)27-8-3-4-9-28(27)52-19-5-10-31(48)49/h3-4,8-9,11,15,20-22,29,47H,2,5-7,10,12-14,16-19,23H2,1H3,(H,48,49)/t29-,35+/m1/s1. The van der Waals surface area contributed by atoms with E-state index >= 15 is 0 Å². The molecule has 2 N–H and O–H groups in total. The Morgan fingerprint density at radius 1 is 1.02 bits per heavy atom. The highest BCUT2D eigenvalue weighted by atomic mass is 32.1. The molecule has 5 rings (SSSR count). The van der Waals surface area contributed by atoms with Gasteiger partial charge in [0.2, 0.25) is 5.60 Å². The lowest BCUT2D eigenvalue weighted by atomic mass is 9.72. The van der Waals surface area contributed by atoms with Crippen molar-refractivity contribution in [3.63, 3.8) is 0 Å². The summed E-state index contributed by atoms with van der Waals surface area (Å²) in [6.45, 7) is 1.62. The second kappa shape index (κ2) is 16.6. The van der Waals surface area contributed by atoms with Crippen LogP contribution in [0.1, 0.15) is 84.7 Å². The van der Waals surface area contributed by atoms with Gasteiger partial charge in [-0.3, -0.25) is 19.4 Å². The fourth-order valence-corrected chi connectivity index (χ4v) is 8.13. The largest absolute Gasteiger partial charge is 0.493 e. The molecule has 0 aliphatic carbocycles. The monoisotopic (exact) mass is 785 g/mol. The summed E-state index contributed by atoms with van der Waals surface area (Å²) in [7, 11) is 0. The highest BCUT2D eigenvalue weighted by Crippen LogP contribution is 2.45. The van der Waals surface area contributed by atoms with Gasteiger partial charge in [-0.15, -0.1) is 11.3 Å². The Hall–Kier alpha value is -4.38. The van der Waals surface area contributed by atoms with Crippen molar-refractivity contribution in [2.24, 2.45) is 0 Å². The number of aliphatic hydroxyl groups excluding tert-OH is 1. The molecular formula is C37H41F6N3O7S. The van der Waals surface area contributed by atoms with Gasteiger partial charge in [0, 0.05) is 67.3 Å². The van der Waals surface area contributed by atoms with Crippen LogP contribution in [0, 0.1) is 0 Å². The molecule has 4 heterocycles.